The molecule has 0 aliphatic carbocycles. The Balaban J connectivity index is 1.49. The molecule has 0 N–H and O–H groups in total. The lowest BCUT2D eigenvalue weighted by Crippen LogP contribution is -2.30. The summed E-state index contributed by atoms with van der Waals surface area (Å²) in [5, 5.41) is 0. The van der Waals surface area contributed by atoms with Crippen LogP contribution in [0, 0.1) is 0 Å². The van der Waals surface area contributed by atoms with Crippen LogP contribution in [0.5, 0.6) is 0 Å². The zero-order valence-electron chi connectivity index (χ0n) is 22.9. The van der Waals surface area contributed by atoms with Crippen molar-refractivity contribution in [3.8, 4) is 33.4 Å². The maximum absolute atomic E-state index is 2.46. The molecule has 0 spiro atoms. The van der Waals surface area contributed by atoms with E-state index in [4.69, 9.17) is 0 Å². The minimum Gasteiger partial charge on any atom is -0.310 e. The smallest absolute Gasteiger partial charge is 0.0503 e. The van der Waals surface area contributed by atoms with Crippen molar-refractivity contribution in [2.75, 3.05) is 4.90 Å². The van der Waals surface area contributed by atoms with Crippen LogP contribution in [0.2, 0.25) is 0 Å². The summed E-state index contributed by atoms with van der Waals surface area (Å²) in [6.45, 7) is 4.71. The first-order valence-electron chi connectivity index (χ1n) is 14.0. The second-order valence-corrected chi connectivity index (χ2v) is 11.1. The van der Waals surface area contributed by atoms with Crippen molar-refractivity contribution in [2.45, 2.75) is 19.3 Å². The molecule has 192 valence electrons. The van der Waals surface area contributed by atoms with Gasteiger partial charge in [-0.05, 0) is 80.9 Å². The summed E-state index contributed by atoms with van der Waals surface area (Å²) in [4.78, 5) is 2.46. The number of hydrogen-bond donors (Lipinski definition) is 0. The van der Waals surface area contributed by atoms with Gasteiger partial charge in [0, 0.05) is 11.1 Å². The number of anilines is 3. The van der Waals surface area contributed by atoms with Crippen LogP contribution in [0.3, 0.4) is 0 Å². The summed E-state index contributed by atoms with van der Waals surface area (Å²) in [7, 11) is 0. The standard InChI is InChI=1S/C39H31N/c1-39(2)35-20-12-13-21-37(35)40(38-23-22-31(27-36(38)39)28-14-6-3-7-15-28)34-25-32(29-16-8-4-9-17-29)24-33(26-34)30-18-10-5-11-19-30/h3-27H,1-2H3. The van der Waals surface area contributed by atoms with Crippen molar-refractivity contribution in [2.24, 2.45) is 0 Å². The summed E-state index contributed by atoms with van der Waals surface area (Å²) in [6, 6.07) is 54.9. The molecule has 0 unspecified atom stereocenters. The molecule has 0 saturated carbocycles. The third-order valence-corrected chi connectivity index (χ3v) is 8.23. The number of hydrogen-bond acceptors (Lipinski definition) is 1. The molecule has 0 bridgehead atoms. The Labute approximate surface area is 237 Å². The highest BCUT2D eigenvalue weighted by Gasteiger charge is 2.37. The number of benzene rings is 6. The van der Waals surface area contributed by atoms with Crippen molar-refractivity contribution in [3.05, 3.63) is 163 Å². The van der Waals surface area contributed by atoms with Gasteiger partial charge in [-0.3, -0.25) is 0 Å². The van der Waals surface area contributed by atoms with Gasteiger partial charge >= 0.3 is 0 Å². The van der Waals surface area contributed by atoms with Gasteiger partial charge in [-0.25, -0.2) is 0 Å². The molecule has 7 rings (SSSR count). The van der Waals surface area contributed by atoms with Crippen molar-refractivity contribution in [1.82, 2.24) is 0 Å². The summed E-state index contributed by atoms with van der Waals surface area (Å²) in [5.74, 6) is 0. The van der Waals surface area contributed by atoms with Gasteiger partial charge < -0.3 is 4.90 Å². The topological polar surface area (TPSA) is 3.24 Å². The fourth-order valence-corrected chi connectivity index (χ4v) is 6.13. The zero-order chi connectivity index (χ0) is 27.1. The number of fused-ring (bicyclic) bond motifs is 2. The second kappa shape index (κ2) is 9.70. The maximum atomic E-state index is 2.46. The highest BCUT2D eigenvalue weighted by atomic mass is 15.2. The molecule has 0 atom stereocenters. The highest BCUT2D eigenvalue weighted by Crippen LogP contribution is 2.53. The van der Waals surface area contributed by atoms with Crippen molar-refractivity contribution in [3.63, 3.8) is 0 Å². The van der Waals surface area contributed by atoms with E-state index in [1.165, 1.54) is 55.9 Å². The SMILES string of the molecule is CC1(C)c2ccccc2N(c2cc(-c3ccccc3)cc(-c3ccccc3)c2)c2ccc(-c3ccccc3)cc21. The summed E-state index contributed by atoms with van der Waals surface area (Å²) in [6.07, 6.45) is 0. The minimum absolute atomic E-state index is 0.146. The Morgan fingerprint density at radius 3 is 1.43 bits per heavy atom. The molecule has 1 aliphatic heterocycles. The lowest BCUT2D eigenvalue weighted by Gasteiger charge is -2.42. The first kappa shape index (κ1) is 24.2. The second-order valence-electron chi connectivity index (χ2n) is 11.1. The van der Waals surface area contributed by atoms with E-state index in [1.54, 1.807) is 0 Å². The molecule has 40 heavy (non-hydrogen) atoms. The van der Waals surface area contributed by atoms with Gasteiger partial charge in [-0.2, -0.15) is 0 Å². The molecule has 0 amide bonds. The molecule has 1 heterocycles. The van der Waals surface area contributed by atoms with Gasteiger partial charge in [0.1, 0.15) is 0 Å². The Morgan fingerprint density at radius 1 is 0.375 bits per heavy atom. The normalized spacial score (nSPS) is 13.4. The Kier molecular flexibility index (Phi) is 5.86. The van der Waals surface area contributed by atoms with Crippen LogP contribution in [0.1, 0.15) is 25.0 Å². The largest absolute Gasteiger partial charge is 0.310 e. The third-order valence-electron chi connectivity index (χ3n) is 8.23. The lowest BCUT2D eigenvalue weighted by atomic mass is 9.73. The molecule has 0 aromatic heterocycles. The summed E-state index contributed by atoms with van der Waals surface area (Å²) in [5.41, 5.74) is 13.5. The molecule has 1 heteroatoms. The minimum atomic E-state index is -0.146. The predicted molar refractivity (Wildman–Crippen MR) is 170 cm³/mol. The Hall–Kier alpha value is -4.88. The van der Waals surface area contributed by atoms with E-state index in [0.717, 1.165) is 5.69 Å². The molecular formula is C39H31N. The number of para-hydroxylation sites is 1. The number of rotatable bonds is 4. The van der Waals surface area contributed by atoms with Crippen LogP contribution in [-0.2, 0) is 5.41 Å². The Morgan fingerprint density at radius 2 is 0.850 bits per heavy atom. The molecule has 6 aromatic rings. The van der Waals surface area contributed by atoms with Crippen molar-refractivity contribution in [1.29, 1.82) is 0 Å². The average Bonchev–Trinajstić information content (AvgIpc) is 3.02. The highest BCUT2D eigenvalue weighted by molar-refractivity contribution is 5.90. The van der Waals surface area contributed by atoms with E-state index in [1.807, 2.05) is 0 Å². The molecule has 1 aliphatic rings. The molecule has 6 aromatic carbocycles. The van der Waals surface area contributed by atoms with E-state index >= 15 is 0 Å². The quantitative estimate of drug-likeness (QED) is 0.227. The lowest BCUT2D eigenvalue weighted by molar-refractivity contribution is 0.632. The van der Waals surface area contributed by atoms with Gasteiger partial charge in [-0.1, -0.05) is 129 Å². The van der Waals surface area contributed by atoms with Crippen molar-refractivity contribution >= 4 is 17.1 Å². The van der Waals surface area contributed by atoms with Crippen LogP contribution in [0.25, 0.3) is 33.4 Å². The van der Waals surface area contributed by atoms with Crippen LogP contribution in [0.4, 0.5) is 17.1 Å². The average molecular weight is 514 g/mol. The molecule has 0 radical (unpaired) electrons. The van der Waals surface area contributed by atoms with E-state index in [0.29, 0.717) is 0 Å². The molecular weight excluding hydrogens is 482 g/mol. The molecule has 1 nitrogen and oxygen atoms in total. The zero-order valence-corrected chi connectivity index (χ0v) is 22.9. The first-order valence-corrected chi connectivity index (χ1v) is 14.0. The van der Waals surface area contributed by atoms with E-state index in [-0.39, 0.29) is 5.41 Å². The molecule has 0 fully saturated rings. The van der Waals surface area contributed by atoms with Crippen LogP contribution >= 0.6 is 0 Å². The Bertz CT molecular complexity index is 1740. The van der Waals surface area contributed by atoms with Gasteiger partial charge in [0.05, 0.1) is 11.4 Å². The van der Waals surface area contributed by atoms with Crippen molar-refractivity contribution < 1.29 is 0 Å². The predicted octanol–water partition coefficient (Wildman–Crippen LogP) is 10.8. The van der Waals surface area contributed by atoms with Gasteiger partial charge in [0.2, 0.25) is 0 Å². The first-order chi connectivity index (χ1) is 19.6. The van der Waals surface area contributed by atoms with Crippen LogP contribution in [0.15, 0.2) is 152 Å². The monoisotopic (exact) mass is 513 g/mol. The maximum Gasteiger partial charge on any atom is 0.0503 e. The van der Waals surface area contributed by atoms with E-state index in [2.05, 4.69) is 170 Å². The molecule has 0 saturated heterocycles. The van der Waals surface area contributed by atoms with E-state index in [9.17, 15) is 0 Å². The van der Waals surface area contributed by atoms with Crippen LogP contribution < -0.4 is 4.90 Å². The summed E-state index contributed by atoms with van der Waals surface area (Å²) < 4.78 is 0. The fraction of sp³-hybridized carbons (Fsp3) is 0.0769. The fourth-order valence-electron chi connectivity index (χ4n) is 6.13. The van der Waals surface area contributed by atoms with E-state index < -0.39 is 0 Å². The number of nitrogens with zero attached hydrogens (tertiary/aromatic N) is 1. The van der Waals surface area contributed by atoms with Gasteiger partial charge in [-0.15, -0.1) is 0 Å². The van der Waals surface area contributed by atoms with Crippen LogP contribution in [-0.4, -0.2) is 0 Å². The summed E-state index contributed by atoms with van der Waals surface area (Å²) >= 11 is 0. The third kappa shape index (κ3) is 4.12. The van der Waals surface area contributed by atoms with Gasteiger partial charge in [0.25, 0.3) is 0 Å². The van der Waals surface area contributed by atoms with Gasteiger partial charge in [0.15, 0.2) is 0 Å².